The van der Waals surface area contributed by atoms with Gasteiger partial charge < -0.3 is 4.74 Å². The van der Waals surface area contributed by atoms with E-state index in [0.29, 0.717) is 12.4 Å². The highest BCUT2D eigenvalue weighted by Gasteiger charge is 2.36. The van der Waals surface area contributed by atoms with Crippen molar-refractivity contribution in [1.29, 1.82) is 0 Å². The van der Waals surface area contributed by atoms with E-state index in [2.05, 4.69) is 6.92 Å². The zero-order valence-corrected chi connectivity index (χ0v) is 12.2. The van der Waals surface area contributed by atoms with Crippen LogP contribution >= 0.6 is 11.8 Å². The van der Waals surface area contributed by atoms with Crippen molar-refractivity contribution in [2.24, 2.45) is 5.41 Å². The van der Waals surface area contributed by atoms with Gasteiger partial charge in [0.25, 0.3) is 0 Å². The van der Waals surface area contributed by atoms with Crippen LogP contribution in [0, 0.1) is 5.41 Å². The predicted octanol–water partition coefficient (Wildman–Crippen LogP) is 3.07. The maximum atomic E-state index is 11.9. The third kappa shape index (κ3) is 6.10. The molecule has 0 radical (unpaired) electrons. The Kier molecular flexibility index (Phi) is 8.30. The van der Waals surface area contributed by atoms with Crippen molar-refractivity contribution >= 4 is 23.5 Å². The molecule has 0 saturated heterocycles. The van der Waals surface area contributed by atoms with E-state index in [9.17, 15) is 9.59 Å². The van der Waals surface area contributed by atoms with Gasteiger partial charge in [0, 0.05) is 0 Å². The van der Waals surface area contributed by atoms with Crippen LogP contribution in [-0.2, 0) is 14.3 Å². The SMILES string of the molecule is CCCCCSCC(=O)C(C)(C)C(=O)OCC. The number of unbranched alkanes of at least 4 members (excludes halogenated alkanes) is 2. The highest BCUT2D eigenvalue weighted by atomic mass is 32.2. The van der Waals surface area contributed by atoms with E-state index in [4.69, 9.17) is 4.74 Å². The molecule has 0 aromatic rings. The Labute approximate surface area is 109 Å². The summed E-state index contributed by atoms with van der Waals surface area (Å²) in [4.78, 5) is 23.5. The van der Waals surface area contributed by atoms with Gasteiger partial charge in [-0.2, -0.15) is 11.8 Å². The van der Waals surface area contributed by atoms with Crippen molar-refractivity contribution in [2.45, 2.75) is 47.0 Å². The summed E-state index contributed by atoms with van der Waals surface area (Å²) >= 11 is 1.61. The second-order valence-electron chi connectivity index (χ2n) is 4.53. The molecular formula is C13H24O3S. The van der Waals surface area contributed by atoms with Gasteiger partial charge >= 0.3 is 5.97 Å². The second-order valence-corrected chi connectivity index (χ2v) is 5.63. The fourth-order valence-electron chi connectivity index (χ4n) is 1.22. The quantitative estimate of drug-likeness (QED) is 0.363. The molecule has 4 heteroatoms. The Morgan fingerprint density at radius 2 is 1.82 bits per heavy atom. The van der Waals surface area contributed by atoms with Gasteiger partial charge in [-0.05, 0) is 32.9 Å². The Balaban J connectivity index is 3.99. The standard InChI is InChI=1S/C13H24O3S/c1-5-7-8-9-17-10-11(14)13(3,4)12(15)16-6-2/h5-10H2,1-4H3. The summed E-state index contributed by atoms with van der Waals surface area (Å²) in [5.41, 5.74) is -1.01. The summed E-state index contributed by atoms with van der Waals surface area (Å²) in [6, 6.07) is 0. The minimum Gasteiger partial charge on any atom is -0.465 e. The Morgan fingerprint density at radius 3 is 2.35 bits per heavy atom. The smallest absolute Gasteiger partial charge is 0.319 e. The van der Waals surface area contributed by atoms with Gasteiger partial charge in [0.05, 0.1) is 12.4 Å². The van der Waals surface area contributed by atoms with Gasteiger partial charge in [0.15, 0.2) is 5.78 Å². The number of hydrogen-bond acceptors (Lipinski definition) is 4. The van der Waals surface area contributed by atoms with Gasteiger partial charge in [-0.15, -0.1) is 0 Å². The number of esters is 1. The van der Waals surface area contributed by atoms with E-state index < -0.39 is 11.4 Å². The monoisotopic (exact) mass is 260 g/mol. The lowest BCUT2D eigenvalue weighted by Gasteiger charge is -2.20. The normalized spacial score (nSPS) is 11.3. The minimum atomic E-state index is -1.01. The fourth-order valence-corrected chi connectivity index (χ4v) is 2.32. The predicted molar refractivity (Wildman–Crippen MR) is 72.3 cm³/mol. The van der Waals surface area contributed by atoms with Crippen molar-refractivity contribution in [3.63, 3.8) is 0 Å². The number of hydrogen-bond donors (Lipinski definition) is 0. The molecule has 0 aromatic carbocycles. The fraction of sp³-hybridized carbons (Fsp3) is 0.846. The zero-order valence-electron chi connectivity index (χ0n) is 11.4. The average molecular weight is 260 g/mol. The number of carbonyl (C=O) groups excluding carboxylic acids is 2. The van der Waals surface area contributed by atoms with Crippen molar-refractivity contribution in [3.8, 4) is 0 Å². The van der Waals surface area contributed by atoms with Crippen LogP contribution in [0.1, 0.15) is 47.0 Å². The lowest BCUT2D eigenvalue weighted by Crippen LogP contribution is -2.36. The maximum Gasteiger partial charge on any atom is 0.319 e. The van der Waals surface area contributed by atoms with Gasteiger partial charge in [-0.1, -0.05) is 19.8 Å². The Bertz CT molecular complexity index is 249. The molecule has 0 atom stereocenters. The molecule has 0 aliphatic rings. The van der Waals surface area contributed by atoms with E-state index in [0.717, 1.165) is 12.2 Å². The second kappa shape index (κ2) is 8.56. The van der Waals surface area contributed by atoms with Crippen molar-refractivity contribution in [3.05, 3.63) is 0 Å². The van der Waals surface area contributed by atoms with Gasteiger partial charge in [0.2, 0.25) is 0 Å². The summed E-state index contributed by atoms with van der Waals surface area (Å²) in [5, 5.41) is 0. The van der Waals surface area contributed by atoms with Crippen LogP contribution in [0.15, 0.2) is 0 Å². The summed E-state index contributed by atoms with van der Waals surface area (Å²) in [7, 11) is 0. The van der Waals surface area contributed by atoms with Crippen molar-refractivity contribution < 1.29 is 14.3 Å². The van der Waals surface area contributed by atoms with Crippen LogP contribution in [0.2, 0.25) is 0 Å². The third-order valence-corrected chi connectivity index (χ3v) is 3.65. The molecule has 0 rings (SSSR count). The molecule has 0 aliphatic carbocycles. The third-order valence-electron chi connectivity index (χ3n) is 2.61. The van der Waals surface area contributed by atoms with E-state index >= 15 is 0 Å². The first-order chi connectivity index (χ1) is 7.96. The van der Waals surface area contributed by atoms with Crippen LogP contribution in [0.4, 0.5) is 0 Å². The molecule has 0 aliphatic heterocycles. The first-order valence-electron chi connectivity index (χ1n) is 6.25. The van der Waals surface area contributed by atoms with Crippen LogP contribution < -0.4 is 0 Å². The van der Waals surface area contributed by atoms with Crippen LogP contribution in [0.5, 0.6) is 0 Å². The Morgan fingerprint density at radius 1 is 1.18 bits per heavy atom. The summed E-state index contributed by atoms with van der Waals surface area (Å²) in [5.74, 6) is 0.921. The first kappa shape index (κ1) is 16.5. The molecule has 0 heterocycles. The highest BCUT2D eigenvalue weighted by molar-refractivity contribution is 7.99. The average Bonchev–Trinajstić information content (AvgIpc) is 2.28. The molecule has 0 aromatic heterocycles. The summed E-state index contributed by atoms with van der Waals surface area (Å²) in [6.07, 6.45) is 3.51. The number of carbonyl (C=O) groups is 2. The van der Waals surface area contributed by atoms with E-state index in [-0.39, 0.29) is 5.78 Å². The zero-order chi connectivity index (χ0) is 13.3. The van der Waals surface area contributed by atoms with Crippen LogP contribution in [-0.4, -0.2) is 29.9 Å². The molecular weight excluding hydrogens is 236 g/mol. The number of ketones is 1. The molecule has 0 saturated carbocycles. The molecule has 3 nitrogen and oxygen atoms in total. The molecule has 0 amide bonds. The van der Waals surface area contributed by atoms with E-state index in [1.165, 1.54) is 12.8 Å². The van der Waals surface area contributed by atoms with Crippen LogP contribution in [0.25, 0.3) is 0 Å². The molecule has 0 unspecified atom stereocenters. The maximum absolute atomic E-state index is 11.9. The lowest BCUT2D eigenvalue weighted by atomic mass is 9.89. The molecule has 0 bridgehead atoms. The van der Waals surface area contributed by atoms with Crippen molar-refractivity contribution in [2.75, 3.05) is 18.1 Å². The molecule has 17 heavy (non-hydrogen) atoms. The summed E-state index contributed by atoms with van der Waals surface area (Å²) < 4.78 is 4.90. The van der Waals surface area contributed by atoms with Gasteiger partial charge in [-0.3, -0.25) is 9.59 Å². The highest BCUT2D eigenvalue weighted by Crippen LogP contribution is 2.21. The number of thioether (sulfide) groups is 1. The van der Waals surface area contributed by atoms with Gasteiger partial charge in [0.1, 0.15) is 5.41 Å². The van der Waals surface area contributed by atoms with Gasteiger partial charge in [-0.25, -0.2) is 0 Å². The number of Topliss-reactive ketones (excluding diaryl/α,β-unsaturated/α-hetero) is 1. The van der Waals surface area contributed by atoms with E-state index in [1.54, 1.807) is 32.5 Å². The summed E-state index contributed by atoms with van der Waals surface area (Å²) in [6.45, 7) is 7.50. The van der Waals surface area contributed by atoms with E-state index in [1.807, 2.05) is 0 Å². The molecule has 0 spiro atoms. The largest absolute Gasteiger partial charge is 0.465 e. The molecule has 0 N–H and O–H groups in total. The lowest BCUT2D eigenvalue weighted by molar-refractivity contribution is -0.157. The minimum absolute atomic E-state index is 0.0440. The Hall–Kier alpha value is -0.510. The van der Waals surface area contributed by atoms with Crippen LogP contribution in [0.3, 0.4) is 0 Å². The molecule has 100 valence electrons. The topological polar surface area (TPSA) is 43.4 Å². The molecule has 0 fully saturated rings. The first-order valence-corrected chi connectivity index (χ1v) is 7.40. The number of rotatable bonds is 9. The van der Waals surface area contributed by atoms with Crippen molar-refractivity contribution in [1.82, 2.24) is 0 Å². The number of ether oxygens (including phenoxy) is 1.